The van der Waals surface area contributed by atoms with E-state index >= 15 is 0 Å². The van der Waals surface area contributed by atoms with Crippen molar-refractivity contribution in [2.45, 2.75) is 19.4 Å². The lowest BCUT2D eigenvalue weighted by Gasteiger charge is -2.31. The van der Waals surface area contributed by atoms with Crippen LogP contribution in [0, 0.1) is 0 Å². The Balaban J connectivity index is 2.57. The molecule has 1 rings (SSSR count). The summed E-state index contributed by atoms with van der Waals surface area (Å²) in [6, 6.07) is 3.47. The van der Waals surface area contributed by atoms with Gasteiger partial charge in [-0.3, -0.25) is 0 Å². The fraction of sp³-hybridized carbons (Fsp3) is 0.545. The lowest BCUT2D eigenvalue weighted by atomic mass is 10.1. The minimum Gasteiger partial charge on any atom is -0.476 e. The first-order valence-corrected chi connectivity index (χ1v) is 4.93. The second-order valence-electron chi connectivity index (χ2n) is 4.42. The second kappa shape index (κ2) is 4.49. The zero-order chi connectivity index (χ0) is 11.5. The lowest BCUT2D eigenvalue weighted by Crippen LogP contribution is -2.43. The van der Waals surface area contributed by atoms with Gasteiger partial charge in [0.15, 0.2) is 0 Å². The third-order valence-corrected chi connectivity index (χ3v) is 2.54. The van der Waals surface area contributed by atoms with Gasteiger partial charge in [0.25, 0.3) is 0 Å². The SMILES string of the molecule is CN(C)C(C)(C)COc1cc(N)ccn1. The molecule has 0 aliphatic carbocycles. The maximum absolute atomic E-state index is 5.63. The quantitative estimate of drug-likeness (QED) is 0.814. The van der Waals surface area contributed by atoms with Crippen LogP contribution < -0.4 is 10.5 Å². The zero-order valence-electron chi connectivity index (χ0n) is 9.82. The van der Waals surface area contributed by atoms with Crippen molar-refractivity contribution in [1.29, 1.82) is 0 Å². The number of rotatable bonds is 4. The largest absolute Gasteiger partial charge is 0.476 e. The number of nitrogens with two attached hydrogens (primary N) is 1. The van der Waals surface area contributed by atoms with Crippen LogP contribution in [-0.2, 0) is 0 Å². The van der Waals surface area contributed by atoms with E-state index in [1.54, 1.807) is 18.3 Å². The molecule has 0 aliphatic rings. The first kappa shape index (κ1) is 11.8. The average molecular weight is 209 g/mol. The number of ether oxygens (including phenoxy) is 1. The molecule has 1 aromatic rings. The smallest absolute Gasteiger partial charge is 0.215 e. The maximum atomic E-state index is 5.63. The van der Waals surface area contributed by atoms with Crippen LogP contribution in [0.3, 0.4) is 0 Å². The lowest BCUT2D eigenvalue weighted by molar-refractivity contribution is 0.111. The van der Waals surface area contributed by atoms with Crippen LogP contribution in [0.4, 0.5) is 5.69 Å². The van der Waals surface area contributed by atoms with Gasteiger partial charge >= 0.3 is 0 Å². The van der Waals surface area contributed by atoms with Crippen LogP contribution in [-0.4, -0.2) is 36.1 Å². The van der Waals surface area contributed by atoms with Gasteiger partial charge < -0.3 is 15.4 Å². The van der Waals surface area contributed by atoms with E-state index in [0.717, 1.165) is 0 Å². The summed E-state index contributed by atoms with van der Waals surface area (Å²) in [5.74, 6) is 0.574. The van der Waals surface area contributed by atoms with Gasteiger partial charge in [-0.15, -0.1) is 0 Å². The highest BCUT2D eigenvalue weighted by molar-refractivity contribution is 5.39. The van der Waals surface area contributed by atoms with Crippen LogP contribution in [0.2, 0.25) is 0 Å². The Labute approximate surface area is 91.1 Å². The van der Waals surface area contributed by atoms with E-state index in [2.05, 4.69) is 23.7 Å². The highest BCUT2D eigenvalue weighted by Crippen LogP contribution is 2.15. The molecule has 15 heavy (non-hydrogen) atoms. The minimum absolute atomic E-state index is 0.0215. The molecule has 2 N–H and O–H groups in total. The molecule has 0 aliphatic heterocycles. The summed E-state index contributed by atoms with van der Waals surface area (Å²) in [6.45, 7) is 4.80. The molecule has 4 heteroatoms. The molecule has 0 bridgehead atoms. The average Bonchev–Trinajstić information content (AvgIpc) is 2.15. The van der Waals surface area contributed by atoms with Crippen molar-refractivity contribution in [2.24, 2.45) is 0 Å². The van der Waals surface area contributed by atoms with Crippen molar-refractivity contribution in [3.8, 4) is 5.88 Å². The minimum atomic E-state index is -0.0215. The number of hydrogen-bond acceptors (Lipinski definition) is 4. The maximum Gasteiger partial charge on any atom is 0.215 e. The van der Waals surface area contributed by atoms with Crippen LogP contribution in [0.15, 0.2) is 18.3 Å². The Morgan fingerprint density at radius 3 is 2.67 bits per heavy atom. The molecule has 0 fully saturated rings. The molecule has 84 valence electrons. The first-order chi connectivity index (χ1) is 6.92. The summed E-state index contributed by atoms with van der Waals surface area (Å²) in [6.07, 6.45) is 1.65. The molecule has 4 nitrogen and oxygen atoms in total. The van der Waals surface area contributed by atoms with Gasteiger partial charge in [0.05, 0.1) is 0 Å². The van der Waals surface area contributed by atoms with Crippen LogP contribution in [0.5, 0.6) is 5.88 Å². The van der Waals surface area contributed by atoms with Crippen molar-refractivity contribution in [2.75, 3.05) is 26.4 Å². The summed E-state index contributed by atoms with van der Waals surface area (Å²) >= 11 is 0. The van der Waals surface area contributed by atoms with E-state index < -0.39 is 0 Å². The van der Waals surface area contributed by atoms with Crippen molar-refractivity contribution < 1.29 is 4.74 Å². The second-order valence-corrected chi connectivity index (χ2v) is 4.42. The van der Waals surface area contributed by atoms with Gasteiger partial charge in [-0.05, 0) is 34.0 Å². The fourth-order valence-corrected chi connectivity index (χ4v) is 0.883. The van der Waals surface area contributed by atoms with Crippen molar-refractivity contribution in [3.63, 3.8) is 0 Å². The Morgan fingerprint density at radius 2 is 2.13 bits per heavy atom. The number of anilines is 1. The Bertz CT molecular complexity index is 323. The van der Waals surface area contributed by atoms with Gasteiger partial charge in [0, 0.05) is 23.5 Å². The predicted molar refractivity (Wildman–Crippen MR) is 61.9 cm³/mol. The molecule has 0 spiro atoms. The molecule has 0 saturated heterocycles. The van der Waals surface area contributed by atoms with Gasteiger partial charge in [-0.25, -0.2) is 4.98 Å². The molecule has 1 heterocycles. The molecule has 0 radical (unpaired) electrons. The normalized spacial score (nSPS) is 11.8. The third kappa shape index (κ3) is 3.40. The standard InChI is InChI=1S/C11H19N3O/c1-11(2,14(3)4)8-15-10-7-9(12)5-6-13-10/h5-7H,8H2,1-4H3,(H2,12,13). The van der Waals surface area contributed by atoms with Crippen LogP contribution in [0.25, 0.3) is 0 Å². The van der Waals surface area contributed by atoms with Gasteiger partial charge in [-0.2, -0.15) is 0 Å². The molecule has 0 amide bonds. The molecule has 0 unspecified atom stereocenters. The summed E-state index contributed by atoms with van der Waals surface area (Å²) in [5, 5.41) is 0. The monoisotopic (exact) mass is 209 g/mol. The number of aromatic nitrogens is 1. The topological polar surface area (TPSA) is 51.4 Å². The summed E-state index contributed by atoms with van der Waals surface area (Å²) in [5.41, 5.74) is 6.27. The fourth-order valence-electron chi connectivity index (χ4n) is 0.883. The number of nitrogen functional groups attached to an aromatic ring is 1. The number of pyridine rings is 1. The van der Waals surface area contributed by atoms with Crippen molar-refractivity contribution in [3.05, 3.63) is 18.3 Å². The van der Waals surface area contributed by atoms with E-state index in [0.29, 0.717) is 18.2 Å². The first-order valence-electron chi connectivity index (χ1n) is 4.93. The molecule has 0 atom stereocenters. The predicted octanol–water partition coefficient (Wildman–Crippen LogP) is 1.38. The van der Waals surface area contributed by atoms with Crippen molar-refractivity contribution in [1.82, 2.24) is 9.88 Å². The van der Waals surface area contributed by atoms with E-state index in [1.165, 1.54) is 0 Å². The highest BCUT2D eigenvalue weighted by atomic mass is 16.5. The third-order valence-electron chi connectivity index (χ3n) is 2.54. The van der Waals surface area contributed by atoms with Gasteiger partial charge in [-0.1, -0.05) is 0 Å². The Kier molecular flexibility index (Phi) is 3.52. The summed E-state index contributed by atoms with van der Waals surface area (Å²) in [7, 11) is 4.05. The molecule has 0 saturated carbocycles. The molecular formula is C11H19N3O. The Morgan fingerprint density at radius 1 is 1.47 bits per heavy atom. The summed E-state index contributed by atoms with van der Waals surface area (Å²) < 4.78 is 5.58. The highest BCUT2D eigenvalue weighted by Gasteiger charge is 2.21. The van der Waals surface area contributed by atoms with E-state index in [-0.39, 0.29) is 5.54 Å². The van der Waals surface area contributed by atoms with Gasteiger partial charge in [0.2, 0.25) is 5.88 Å². The van der Waals surface area contributed by atoms with Crippen molar-refractivity contribution >= 4 is 5.69 Å². The zero-order valence-corrected chi connectivity index (χ0v) is 9.82. The molecule has 1 aromatic heterocycles. The number of nitrogens with zero attached hydrogens (tertiary/aromatic N) is 2. The van der Waals surface area contributed by atoms with Crippen LogP contribution in [0.1, 0.15) is 13.8 Å². The molecule has 0 aromatic carbocycles. The number of likely N-dealkylation sites (N-methyl/N-ethyl adjacent to an activating group) is 1. The van der Waals surface area contributed by atoms with E-state index in [1.807, 2.05) is 14.1 Å². The van der Waals surface area contributed by atoms with E-state index in [9.17, 15) is 0 Å². The molecular weight excluding hydrogens is 190 g/mol. The summed E-state index contributed by atoms with van der Waals surface area (Å²) in [4.78, 5) is 6.19. The van der Waals surface area contributed by atoms with E-state index in [4.69, 9.17) is 10.5 Å². The Hall–Kier alpha value is -1.29. The number of hydrogen-bond donors (Lipinski definition) is 1. The van der Waals surface area contributed by atoms with Gasteiger partial charge in [0.1, 0.15) is 6.61 Å². The van der Waals surface area contributed by atoms with Crippen LogP contribution >= 0.6 is 0 Å².